The van der Waals surface area contributed by atoms with Crippen LogP contribution in [-0.2, 0) is 13.5 Å². The van der Waals surface area contributed by atoms with E-state index >= 15 is 0 Å². The van der Waals surface area contributed by atoms with Crippen LogP contribution in [0.25, 0.3) is 16.5 Å². The molecule has 1 aliphatic heterocycles. The third-order valence-electron chi connectivity index (χ3n) is 4.81. The minimum atomic E-state index is 0.00622. The summed E-state index contributed by atoms with van der Waals surface area (Å²) in [5, 5.41) is 10.9. The summed E-state index contributed by atoms with van der Waals surface area (Å²) in [5.41, 5.74) is 3.50. The maximum Gasteiger partial charge on any atom is 0.317 e. The van der Waals surface area contributed by atoms with E-state index < -0.39 is 0 Å². The summed E-state index contributed by atoms with van der Waals surface area (Å²) in [6.45, 7) is 2.03. The molecule has 0 bridgehead atoms. The second kappa shape index (κ2) is 7.33. The smallest absolute Gasteiger partial charge is 0.317 e. The first kappa shape index (κ1) is 16.8. The van der Waals surface area contributed by atoms with Crippen molar-refractivity contribution < 1.29 is 4.79 Å². The first-order valence-electron chi connectivity index (χ1n) is 8.88. The molecule has 0 spiro atoms. The van der Waals surface area contributed by atoms with Crippen LogP contribution < -0.4 is 5.32 Å². The first-order chi connectivity index (χ1) is 12.7. The van der Waals surface area contributed by atoms with Gasteiger partial charge in [-0.2, -0.15) is 5.10 Å². The number of para-hydroxylation sites is 1. The number of thiophene rings is 1. The summed E-state index contributed by atoms with van der Waals surface area (Å²) >= 11 is 1.76. The number of hydrogen-bond acceptors (Lipinski definition) is 3. The van der Waals surface area contributed by atoms with Gasteiger partial charge in [0.2, 0.25) is 0 Å². The zero-order chi connectivity index (χ0) is 17.9. The molecule has 0 aliphatic carbocycles. The lowest BCUT2D eigenvalue weighted by molar-refractivity contribution is 0.203. The van der Waals surface area contributed by atoms with Gasteiger partial charge in [-0.25, -0.2) is 4.79 Å². The molecule has 0 radical (unpaired) electrons. The summed E-state index contributed by atoms with van der Waals surface area (Å²) in [7, 11) is 1.95. The maximum atomic E-state index is 12.4. The number of nitrogens with zero attached hydrogens (tertiary/aromatic N) is 3. The van der Waals surface area contributed by atoms with Gasteiger partial charge in [-0.15, -0.1) is 11.3 Å². The van der Waals surface area contributed by atoms with Crippen LogP contribution in [0, 0.1) is 0 Å². The lowest BCUT2D eigenvalue weighted by atomic mass is 10.1. The number of aryl methyl sites for hydroxylation is 1. The van der Waals surface area contributed by atoms with Crippen molar-refractivity contribution in [2.24, 2.45) is 7.05 Å². The van der Waals surface area contributed by atoms with Gasteiger partial charge in [0, 0.05) is 43.4 Å². The molecule has 0 unspecified atom stereocenters. The lowest BCUT2D eigenvalue weighted by Gasteiger charge is -2.26. The molecule has 1 aromatic carbocycles. The van der Waals surface area contributed by atoms with Crippen LogP contribution in [0.4, 0.5) is 4.79 Å². The number of fused-ring (bicyclic) bond motifs is 1. The minimum absolute atomic E-state index is 0.00622. The highest BCUT2D eigenvalue weighted by atomic mass is 32.1. The van der Waals surface area contributed by atoms with E-state index in [0.717, 1.165) is 36.0 Å². The van der Waals surface area contributed by atoms with Gasteiger partial charge in [0.05, 0.1) is 11.2 Å². The topological polar surface area (TPSA) is 50.2 Å². The van der Waals surface area contributed by atoms with Gasteiger partial charge >= 0.3 is 6.03 Å². The fourth-order valence-electron chi connectivity index (χ4n) is 3.41. The monoisotopic (exact) mass is 366 g/mol. The van der Waals surface area contributed by atoms with Gasteiger partial charge in [-0.05, 0) is 29.5 Å². The molecule has 0 atom stereocenters. The molecule has 4 rings (SSSR count). The molecule has 2 amide bonds. The number of hydrogen-bond donors (Lipinski definition) is 1. The van der Waals surface area contributed by atoms with E-state index in [-0.39, 0.29) is 6.03 Å². The molecule has 2 aromatic heterocycles. The van der Waals surface area contributed by atoms with Gasteiger partial charge in [0.15, 0.2) is 0 Å². The SMILES string of the molecule is Cn1nc(CCNC(=O)N2CC=C(c3cccs3)CC2)c2ccccc21. The third-order valence-corrected chi connectivity index (χ3v) is 5.75. The predicted octanol–water partition coefficient (Wildman–Crippen LogP) is 3.68. The Balaban J connectivity index is 1.32. The molecule has 0 fully saturated rings. The molecule has 26 heavy (non-hydrogen) atoms. The van der Waals surface area contributed by atoms with Gasteiger partial charge in [0.1, 0.15) is 0 Å². The van der Waals surface area contributed by atoms with Crippen molar-refractivity contribution in [2.75, 3.05) is 19.6 Å². The Kier molecular flexibility index (Phi) is 4.75. The van der Waals surface area contributed by atoms with E-state index in [1.807, 2.05) is 28.8 Å². The highest BCUT2D eigenvalue weighted by molar-refractivity contribution is 7.11. The van der Waals surface area contributed by atoms with Gasteiger partial charge in [-0.1, -0.05) is 30.3 Å². The number of rotatable bonds is 4. The van der Waals surface area contributed by atoms with Crippen molar-refractivity contribution >= 4 is 33.8 Å². The predicted molar refractivity (Wildman–Crippen MR) is 106 cm³/mol. The fraction of sp³-hybridized carbons (Fsp3) is 0.300. The van der Waals surface area contributed by atoms with Crippen LogP contribution in [0.5, 0.6) is 0 Å². The lowest BCUT2D eigenvalue weighted by Crippen LogP contribution is -2.42. The molecular weight excluding hydrogens is 344 g/mol. The van der Waals surface area contributed by atoms with E-state index in [2.05, 4.69) is 46.1 Å². The summed E-state index contributed by atoms with van der Waals surface area (Å²) < 4.78 is 1.90. The van der Waals surface area contributed by atoms with Crippen molar-refractivity contribution in [3.63, 3.8) is 0 Å². The molecule has 1 N–H and O–H groups in total. The average molecular weight is 366 g/mol. The van der Waals surface area contributed by atoms with Gasteiger partial charge in [-0.3, -0.25) is 4.68 Å². The van der Waals surface area contributed by atoms with Crippen molar-refractivity contribution in [1.82, 2.24) is 20.0 Å². The Labute approximate surface area is 156 Å². The van der Waals surface area contributed by atoms with E-state index in [9.17, 15) is 4.79 Å². The quantitative estimate of drug-likeness (QED) is 0.766. The van der Waals surface area contributed by atoms with Crippen LogP contribution in [0.2, 0.25) is 0 Å². The molecule has 3 aromatic rings. The van der Waals surface area contributed by atoms with Crippen LogP contribution in [0.15, 0.2) is 47.9 Å². The minimum Gasteiger partial charge on any atom is -0.338 e. The van der Waals surface area contributed by atoms with Crippen molar-refractivity contribution in [2.45, 2.75) is 12.8 Å². The van der Waals surface area contributed by atoms with Crippen molar-refractivity contribution in [3.8, 4) is 0 Å². The second-order valence-electron chi connectivity index (χ2n) is 6.47. The number of benzene rings is 1. The van der Waals surface area contributed by atoms with Gasteiger partial charge in [0.25, 0.3) is 0 Å². The number of urea groups is 1. The van der Waals surface area contributed by atoms with Crippen LogP contribution in [-0.4, -0.2) is 40.3 Å². The Morgan fingerprint density at radius 3 is 2.92 bits per heavy atom. The van der Waals surface area contributed by atoms with E-state index in [0.29, 0.717) is 13.1 Å². The zero-order valence-corrected chi connectivity index (χ0v) is 15.6. The Hall–Kier alpha value is -2.60. The van der Waals surface area contributed by atoms with Crippen LogP contribution in [0.1, 0.15) is 17.0 Å². The number of nitrogens with one attached hydrogen (secondary N) is 1. The largest absolute Gasteiger partial charge is 0.338 e. The normalized spacial score (nSPS) is 14.5. The zero-order valence-electron chi connectivity index (χ0n) is 14.8. The average Bonchev–Trinajstić information content (AvgIpc) is 3.31. The highest BCUT2D eigenvalue weighted by Gasteiger charge is 2.18. The fourth-order valence-corrected chi connectivity index (χ4v) is 4.21. The highest BCUT2D eigenvalue weighted by Crippen LogP contribution is 2.26. The molecule has 0 saturated heterocycles. The summed E-state index contributed by atoms with van der Waals surface area (Å²) in [4.78, 5) is 15.6. The Morgan fingerprint density at radius 1 is 1.27 bits per heavy atom. The molecular formula is C20H22N4OS. The standard InChI is InChI=1S/C20H22N4OS/c1-23-18-6-3-2-5-16(18)17(22-23)8-11-21-20(25)24-12-9-15(10-13-24)19-7-4-14-26-19/h2-7,9,14H,8,10-13H2,1H3,(H,21,25). The summed E-state index contributed by atoms with van der Waals surface area (Å²) in [6, 6.07) is 12.4. The third kappa shape index (κ3) is 3.37. The molecule has 3 heterocycles. The second-order valence-corrected chi connectivity index (χ2v) is 7.42. The number of carbonyl (C=O) groups excluding carboxylic acids is 1. The Morgan fingerprint density at radius 2 is 2.15 bits per heavy atom. The number of carbonyl (C=O) groups is 1. The van der Waals surface area contributed by atoms with Crippen molar-refractivity contribution in [3.05, 3.63) is 58.4 Å². The molecule has 134 valence electrons. The van der Waals surface area contributed by atoms with Crippen LogP contribution >= 0.6 is 11.3 Å². The van der Waals surface area contributed by atoms with Gasteiger partial charge < -0.3 is 10.2 Å². The summed E-state index contributed by atoms with van der Waals surface area (Å²) in [5.74, 6) is 0. The molecule has 5 nitrogen and oxygen atoms in total. The first-order valence-corrected chi connectivity index (χ1v) is 9.76. The number of aromatic nitrogens is 2. The van der Waals surface area contributed by atoms with Crippen LogP contribution in [0.3, 0.4) is 0 Å². The van der Waals surface area contributed by atoms with E-state index in [4.69, 9.17) is 0 Å². The van der Waals surface area contributed by atoms with E-state index in [1.165, 1.54) is 10.5 Å². The molecule has 1 aliphatic rings. The van der Waals surface area contributed by atoms with E-state index in [1.54, 1.807) is 11.3 Å². The van der Waals surface area contributed by atoms with Crippen molar-refractivity contribution in [1.29, 1.82) is 0 Å². The number of amides is 2. The molecule has 6 heteroatoms. The Bertz CT molecular complexity index is 942. The maximum absolute atomic E-state index is 12.4. The molecule has 0 saturated carbocycles. The summed E-state index contributed by atoms with van der Waals surface area (Å²) in [6.07, 6.45) is 3.82.